The summed E-state index contributed by atoms with van der Waals surface area (Å²) in [6, 6.07) is 0. The van der Waals surface area contributed by atoms with Crippen LogP contribution >= 0.6 is 0 Å². The van der Waals surface area contributed by atoms with Gasteiger partial charge in [-0.05, 0) is 0 Å². The van der Waals surface area contributed by atoms with Crippen molar-refractivity contribution in [3.63, 3.8) is 0 Å². The number of hydrogen-bond donors (Lipinski definition) is 0. The van der Waals surface area contributed by atoms with E-state index >= 15 is 0 Å². The van der Waals surface area contributed by atoms with Gasteiger partial charge in [0, 0.05) is 6.42 Å². The van der Waals surface area contributed by atoms with E-state index in [0.29, 0.717) is 0 Å². The Hall–Kier alpha value is -2.53. The first-order chi connectivity index (χ1) is 12.0. The summed E-state index contributed by atoms with van der Waals surface area (Å²) in [5.41, 5.74) is 0. The van der Waals surface area contributed by atoms with Gasteiger partial charge >= 0.3 is 6.08 Å². The van der Waals surface area contributed by atoms with Crippen molar-refractivity contribution in [3.05, 3.63) is 71.4 Å². The molecule has 0 N–H and O–H groups in total. The van der Waals surface area contributed by atoms with Gasteiger partial charge in [-0.25, -0.2) is 35.1 Å². The quantitative estimate of drug-likeness (QED) is 0.181. The normalized spacial score (nSPS) is 15.3. The van der Waals surface area contributed by atoms with Crippen molar-refractivity contribution >= 4 is 0 Å². The van der Waals surface area contributed by atoms with E-state index in [-0.39, 0.29) is 0 Å². The molecule has 0 atom stereocenters. The van der Waals surface area contributed by atoms with E-state index in [0.717, 1.165) is 6.26 Å². The van der Waals surface area contributed by atoms with Gasteiger partial charge in [-0.2, -0.15) is 13.2 Å². The van der Waals surface area contributed by atoms with Crippen molar-refractivity contribution in [1.82, 2.24) is 0 Å². The topological polar surface area (TPSA) is 9.23 Å². The molecule has 0 rings (SSSR count). The van der Waals surface area contributed by atoms with E-state index in [1.807, 2.05) is 0 Å². The summed E-state index contributed by atoms with van der Waals surface area (Å²) in [4.78, 5) is 0. The Bertz CT molecular complexity index is 708. The highest BCUT2D eigenvalue weighted by molar-refractivity contribution is 5.40. The van der Waals surface area contributed by atoms with Crippen molar-refractivity contribution in [1.29, 1.82) is 0 Å². The highest BCUT2D eigenvalue weighted by Gasteiger charge is 2.28. The molecular formula is C14H7F11O. The van der Waals surface area contributed by atoms with Gasteiger partial charge in [0.05, 0.1) is 12.9 Å². The Morgan fingerprint density at radius 3 is 1.27 bits per heavy atom. The maximum Gasteiger partial charge on any atom is 0.308 e. The van der Waals surface area contributed by atoms with Crippen LogP contribution in [0.25, 0.3) is 0 Å². The van der Waals surface area contributed by atoms with Gasteiger partial charge in [-0.1, -0.05) is 6.58 Å². The molecule has 0 bridgehead atoms. The molecule has 0 spiro atoms. The third-order valence-corrected chi connectivity index (χ3v) is 2.31. The number of halogens is 11. The molecule has 26 heavy (non-hydrogen) atoms. The van der Waals surface area contributed by atoms with Gasteiger partial charge in [-0.15, -0.1) is 0 Å². The Labute approximate surface area is 138 Å². The Morgan fingerprint density at radius 1 is 0.577 bits per heavy atom. The minimum Gasteiger partial charge on any atom is -0.501 e. The molecule has 0 fully saturated rings. The summed E-state index contributed by atoms with van der Waals surface area (Å²) >= 11 is 0. The third-order valence-electron chi connectivity index (χ3n) is 2.31. The molecular weight excluding hydrogens is 393 g/mol. The first-order valence-electron chi connectivity index (χ1n) is 6.11. The highest BCUT2D eigenvalue weighted by atomic mass is 19.3. The molecule has 0 saturated carbocycles. The maximum atomic E-state index is 13.2. The minimum atomic E-state index is -3.47. The smallest absolute Gasteiger partial charge is 0.308 e. The molecule has 0 aromatic carbocycles. The van der Waals surface area contributed by atoms with E-state index in [9.17, 15) is 48.3 Å². The fourth-order valence-corrected chi connectivity index (χ4v) is 1.12. The zero-order valence-electron chi connectivity index (χ0n) is 12.3. The van der Waals surface area contributed by atoms with E-state index in [1.54, 1.807) is 0 Å². The molecule has 0 aromatic heterocycles. The van der Waals surface area contributed by atoms with Gasteiger partial charge in [0.15, 0.2) is 11.7 Å². The third kappa shape index (κ3) is 6.08. The van der Waals surface area contributed by atoms with Gasteiger partial charge in [0.2, 0.25) is 35.0 Å². The van der Waals surface area contributed by atoms with Crippen LogP contribution in [0.2, 0.25) is 0 Å². The summed E-state index contributed by atoms with van der Waals surface area (Å²) in [6.07, 6.45) is -3.68. The Kier molecular flexibility index (Phi) is 9.44. The van der Waals surface area contributed by atoms with E-state index < -0.39 is 71.6 Å². The minimum absolute atomic E-state index is 0.604. The summed E-state index contributed by atoms with van der Waals surface area (Å²) in [5.74, 6) is -27.2. The molecule has 0 aliphatic heterocycles. The van der Waals surface area contributed by atoms with Crippen LogP contribution in [0.1, 0.15) is 6.42 Å². The summed E-state index contributed by atoms with van der Waals surface area (Å²) < 4.78 is 145. The molecule has 0 saturated heterocycles. The van der Waals surface area contributed by atoms with Crippen molar-refractivity contribution < 1.29 is 53.0 Å². The molecule has 1 nitrogen and oxygen atoms in total. The number of rotatable bonds is 8. The average Bonchev–Trinajstić information content (AvgIpc) is 2.62. The molecule has 0 aliphatic rings. The van der Waals surface area contributed by atoms with E-state index in [1.165, 1.54) is 0 Å². The number of allylic oxidation sites excluding steroid dienone is 8. The second-order valence-corrected chi connectivity index (χ2v) is 3.96. The van der Waals surface area contributed by atoms with Crippen LogP contribution in [0.15, 0.2) is 71.4 Å². The monoisotopic (exact) mass is 400 g/mol. The molecule has 0 heterocycles. The fourth-order valence-electron chi connectivity index (χ4n) is 1.12. The van der Waals surface area contributed by atoms with Gasteiger partial charge < -0.3 is 4.74 Å². The fraction of sp³-hybridized carbons (Fsp3) is 0.143. The molecule has 0 radical (unpaired) electrons. The Morgan fingerprint density at radius 2 is 0.923 bits per heavy atom. The SMILES string of the molecule is C=COCC/C(F)=C(F)/C(F)=C(F)/C(F)=C(F)/C(F)=C(\F)C(F)=C(F)F. The lowest BCUT2D eigenvalue weighted by molar-refractivity contribution is 0.244. The standard InChI is InChI=1S/C14H7F11O/c1-2-26-4-3-5(15)6(16)7(17)8(18)9(19)10(20)11(21)12(22)13(23)14(24)25/h2H,1,3-4H2/b6-5+,8-7+,10-9+,12-11+. The number of hydrogen-bond acceptors (Lipinski definition) is 1. The van der Waals surface area contributed by atoms with E-state index in [4.69, 9.17) is 0 Å². The summed E-state index contributed by atoms with van der Waals surface area (Å²) in [7, 11) is 0. The lowest BCUT2D eigenvalue weighted by atomic mass is 10.2. The number of ether oxygens (including phenoxy) is 1. The molecule has 12 heteroatoms. The van der Waals surface area contributed by atoms with Crippen LogP contribution in [-0.4, -0.2) is 6.61 Å². The zero-order chi connectivity index (χ0) is 20.6. The van der Waals surface area contributed by atoms with Crippen molar-refractivity contribution in [2.24, 2.45) is 0 Å². The predicted molar refractivity (Wildman–Crippen MR) is 68.1 cm³/mol. The molecule has 0 aliphatic carbocycles. The lowest BCUT2D eigenvalue weighted by Crippen LogP contribution is -1.94. The molecule has 0 amide bonds. The summed E-state index contributed by atoms with van der Waals surface area (Å²) in [5, 5.41) is 0. The second-order valence-electron chi connectivity index (χ2n) is 3.96. The molecule has 146 valence electrons. The van der Waals surface area contributed by atoms with Crippen LogP contribution in [-0.2, 0) is 4.74 Å². The van der Waals surface area contributed by atoms with E-state index in [2.05, 4.69) is 11.3 Å². The molecule has 0 aromatic rings. The first kappa shape index (κ1) is 23.5. The molecule has 0 unspecified atom stereocenters. The van der Waals surface area contributed by atoms with Crippen LogP contribution in [0.3, 0.4) is 0 Å². The van der Waals surface area contributed by atoms with Crippen LogP contribution < -0.4 is 0 Å². The van der Waals surface area contributed by atoms with Crippen LogP contribution in [0, 0.1) is 0 Å². The lowest BCUT2D eigenvalue weighted by Gasteiger charge is -2.03. The highest BCUT2D eigenvalue weighted by Crippen LogP contribution is 2.35. The first-order valence-corrected chi connectivity index (χ1v) is 6.11. The Balaban J connectivity index is 5.99. The van der Waals surface area contributed by atoms with Crippen molar-refractivity contribution in [2.45, 2.75) is 6.42 Å². The van der Waals surface area contributed by atoms with Gasteiger partial charge in [0.25, 0.3) is 0 Å². The average molecular weight is 400 g/mol. The van der Waals surface area contributed by atoms with Crippen molar-refractivity contribution in [2.75, 3.05) is 6.61 Å². The van der Waals surface area contributed by atoms with Gasteiger partial charge in [-0.3, -0.25) is 0 Å². The van der Waals surface area contributed by atoms with Gasteiger partial charge in [0.1, 0.15) is 5.83 Å². The predicted octanol–water partition coefficient (Wildman–Crippen LogP) is 7.22. The van der Waals surface area contributed by atoms with Crippen LogP contribution in [0.5, 0.6) is 0 Å². The maximum absolute atomic E-state index is 13.2. The summed E-state index contributed by atoms with van der Waals surface area (Å²) in [6.45, 7) is 2.42. The zero-order valence-corrected chi connectivity index (χ0v) is 12.3. The van der Waals surface area contributed by atoms with Crippen LogP contribution in [0.4, 0.5) is 48.3 Å². The second kappa shape index (κ2) is 10.5. The largest absolute Gasteiger partial charge is 0.501 e. The van der Waals surface area contributed by atoms with Crippen molar-refractivity contribution in [3.8, 4) is 0 Å².